The lowest BCUT2D eigenvalue weighted by molar-refractivity contribution is -0.143. The van der Waals surface area contributed by atoms with Crippen LogP contribution in [0, 0.1) is 6.92 Å². The average Bonchev–Trinajstić information content (AvgIpc) is 2.40. The minimum absolute atomic E-state index is 0.0820. The molecular weight excluding hydrogens is 240 g/mol. The zero-order chi connectivity index (χ0) is 13.9. The Morgan fingerprint density at radius 1 is 1.37 bits per heavy atom. The van der Waals surface area contributed by atoms with Gasteiger partial charge in [0, 0.05) is 25.4 Å². The number of aromatic nitrogens is 1. The summed E-state index contributed by atoms with van der Waals surface area (Å²) in [6, 6.07) is 2.02. The van der Waals surface area contributed by atoms with Gasteiger partial charge in [0.15, 0.2) is 0 Å². The molecule has 106 valence electrons. The minimum Gasteiger partial charge on any atom is -0.466 e. The second-order valence-electron chi connectivity index (χ2n) is 4.59. The SMILES string of the molecule is CCOC(=O)CCCCCNCc1cnccc1C. The molecule has 1 aromatic heterocycles. The monoisotopic (exact) mass is 264 g/mol. The molecule has 0 spiro atoms. The van der Waals surface area contributed by atoms with Crippen LogP contribution in [-0.2, 0) is 16.1 Å². The van der Waals surface area contributed by atoms with E-state index in [9.17, 15) is 4.79 Å². The molecule has 0 amide bonds. The summed E-state index contributed by atoms with van der Waals surface area (Å²) in [7, 11) is 0. The van der Waals surface area contributed by atoms with Crippen molar-refractivity contribution in [3.8, 4) is 0 Å². The number of carbonyl (C=O) groups excluding carboxylic acids is 1. The van der Waals surface area contributed by atoms with Crippen LogP contribution in [0.4, 0.5) is 0 Å². The number of ether oxygens (including phenoxy) is 1. The summed E-state index contributed by atoms with van der Waals surface area (Å²) in [5, 5.41) is 3.40. The van der Waals surface area contributed by atoms with Gasteiger partial charge in [-0.2, -0.15) is 0 Å². The predicted molar refractivity (Wildman–Crippen MR) is 75.8 cm³/mol. The van der Waals surface area contributed by atoms with Crippen LogP contribution in [0.2, 0.25) is 0 Å². The Morgan fingerprint density at radius 3 is 2.95 bits per heavy atom. The average molecular weight is 264 g/mol. The number of rotatable bonds is 9. The van der Waals surface area contributed by atoms with Crippen LogP contribution in [0.3, 0.4) is 0 Å². The summed E-state index contributed by atoms with van der Waals surface area (Å²) in [5.74, 6) is -0.0820. The highest BCUT2D eigenvalue weighted by molar-refractivity contribution is 5.69. The van der Waals surface area contributed by atoms with Gasteiger partial charge >= 0.3 is 5.97 Å². The van der Waals surface area contributed by atoms with E-state index in [0.717, 1.165) is 32.4 Å². The quantitative estimate of drug-likeness (QED) is 0.550. The number of pyridine rings is 1. The maximum atomic E-state index is 11.1. The van der Waals surface area contributed by atoms with Crippen molar-refractivity contribution in [3.05, 3.63) is 29.6 Å². The second-order valence-corrected chi connectivity index (χ2v) is 4.59. The molecular formula is C15H24N2O2. The molecule has 0 atom stereocenters. The Balaban J connectivity index is 2.00. The molecule has 4 nitrogen and oxygen atoms in total. The summed E-state index contributed by atoms with van der Waals surface area (Å²) in [6.07, 6.45) is 7.30. The van der Waals surface area contributed by atoms with Gasteiger partial charge in [-0.1, -0.05) is 6.42 Å². The lowest BCUT2D eigenvalue weighted by atomic mass is 10.1. The molecule has 1 heterocycles. The van der Waals surface area contributed by atoms with Gasteiger partial charge in [-0.25, -0.2) is 0 Å². The Kier molecular flexibility index (Phi) is 7.82. The lowest BCUT2D eigenvalue weighted by Crippen LogP contribution is -2.15. The fourth-order valence-electron chi connectivity index (χ4n) is 1.83. The third-order valence-electron chi connectivity index (χ3n) is 3.00. The minimum atomic E-state index is -0.0820. The standard InChI is InChI=1S/C15H24N2O2/c1-3-19-15(18)7-5-4-6-9-16-11-14-12-17-10-8-13(14)2/h8,10,12,16H,3-7,9,11H2,1-2H3. The van der Waals surface area contributed by atoms with Gasteiger partial charge in [0.25, 0.3) is 0 Å². The topological polar surface area (TPSA) is 51.2 Å². The molecule has 0 aliphatic rings. The number of unbranched alkanes of at least 4 members (excludes halogenated alkanes) is 2. The highest BCUT2D eigenvalue weighted by Gasteiger charge is 2.01. The van der Waals surface area contributed by atoms with Crippen molar-refractivity contribution >= 4 is 5.97 Å². The molecule has 0 unspecified atom stereocenters. The fourth-order valence-corrected chi connectivity index (χ4v) is 1.83. The van der Waals surface area contributed by atoms with E-state index in [1.807, 2.05) is 25.4 Å². The highest BCUT2D eigenvalue weighted by Crippen LogP contribution is 2.05. The number of hydrogen-bond acceptors (Lipinski definition) is 4. The summed E-state index contributed by atoms with van der Waals surface area (Å²) in [4.78, 5) is 15.2. The lowest BCUT2D eigenvalue weighted by Gasteiger charge is -2.07. The number of esters is 1. The van der Waals surface area contributed by atoms with Gasteiger partial charge < -0.3 is 10.1 Å². The van der Waals surface area contributed by atoms with Crippen LogP contribution < -0.4 is 5.32 Å². The van der Waals surface area contributed by atoms with Gasteiger partial charge in [0.1, 0.15) is 0 Å². The smallest absolute Gasteiger partial charge is 0.305 e. The number of nitrogens with one attached hydrogen (secondary N) is 1. The first-order chi connectivity index (χ1) is 9.24. The maximum absolute atomic E-state index is 11.1. The Hall–Kier alpha value is -1.42. The normalized spacial score (nSPS) is 10.4. The zero-order valence-electron chi connectivity index (χ0n) is 11.9. The first-order valence-corrected chi connectivity index (χ1v) is 7.00. The van der Waals surface area contributed by atoms with E-state index in [1.54, 1.807) is 0 Å². The zero-order valence-corrected chi connectivity index (χ0v) is 11.9. The first kappa shape index (κ1) is 15.6. The largest absolute Gasteiger partial charge is 0.466 e. The van der Waals surface area contributed by atoms with Gasteiger partial charge in [-0.3, -0.25) is 9.78 Å². The van der Waals surface area contributed by atoms with Crippen molar-refractivity contribution in [1.29, 1.82) is 0 Å². The molecule has 0 fully saturated rings. The van der Waals surface area contributed by atoms with Gasteiger partial charge in [-0.15, -0.1) is 0 Å². The van der Waals surface area contributed by atoms with Gasteiger partial charge in [-0.05, 0) is 50.4 Å². The molecule has 0 saturated heterocycles. The predicted octanol–water partition coefficient (Wildman–Crippen LogP) is 2.60. The number of hydrogen-bond donors (Lipinski definition) is 1. The van der Waals surface area contributed by atoms with Crippen molar-refractivity contribution < 1.29 is 9.53 Å². The van der Waals surface area contributed by atoms with E-state index in [4.69, 9.17) is 4.74 Å². The van der Waals surface area contributed by atoms with Gasteiger partial charge in [0.2, 0.25) is 0 Å². The third kappa shape index (κ3) is 6.91. The summed E-state index contributed by atoms with van der Waals surface area (Å²) in [5.41, 5.74) is 2.51. The van der Waals surface area contributed by atoms with Crippen molar-refractivity contribution in [2.45, 2.75) is 46.1 Å². The van der Waals surface area contributed by atoms with Crippen LogP contribution in [0.5, 0.6) is 0 Å². The van der Waals surface area contributed by atoms with E-state index in [0.29, 0.717) is 13.0 Å². The molecule has 1 aromatic rings. The Morgan fingerprint density at radius 2 is 2.21 bits per heavy atom. The molecule has 1 rings (SSSR count). The van der Waals surface area contributed by atoms with Crippen molar-refractivity contribution in [2.24, 2.45) is 0 Å². The molecule has 19 heavy (non-hydrogen) atoms. The molecule has 1 N–H and O–H groups in total. The molecule has 0 aliphatic carbocycles. The van der Waals surface area contributed by atoms with Crippen LogP contribution in [0.15, 0.2) is 18.5 Å². The highest BCUT2D eigenvalue weighted by atomic mass is 16.5. The summed E-state index contributed by atoms with van der Waals surface area (Å²) < 4.78 is 4.88. The van der Waals surface area contributed by atoms with Crippen LogP contribution >= 0.6 is 0 Å². The number of carbonyl (C=O) groups is 1. The third-order valence-corrected chi connectivity index (χ3v) is 3.00. The maximum Gasteiger partial charge on any atom is 0.305 e. The van der Waals surface area contributed by atoms with Crippen molar-refractivity contribution in [3.63, 3.8) is 0 Å². The Bertz CT molecular complexity index is 380. The van der Waals surface area contributed by atoms with Crippen LogP contribution in [0.25, 0.3) is 0 Å². The molecule has 0 aliphatic heterocycles. The molecule has 0 bridgehead atoms. The second kappa shape index (κ2) is 9.50. The first-order valence-electron chi connectivity index (χ1n) is 7.00. The molecule has 0 radical (unpaired) electrons. The molecule has 0 saturated carbocycles. The molecule has 4 heteroatoms. The van der Waals surface area contributed by atoms with Crippen molar-refractivity contribution in [1.82, 2.24) is 10.3 Å². The van der Waals surface area contributed by atoms with Gasteiger partial charge in [0.05, 0.1) is 6.61 Å². The van der Waals surface area contributed by atoms with E-state index in [-0.39, 0.29) is 5.97 Å². The van der Waals surface area contributed by atoms with E-state index in [1.165, 1.54) is 11.1 Å². The van der Waals surface area contributed by atoms with E-state index in [2.05, 4.69) is 17.2 Å². The van der Waals surface area contributed by atoms with Crippen LogP contribution in [-0.4, -0.2) is 24.1 Å². The Labute approximate surface area is 115 Å². The summed E-state index contributed by atoms with van der Waals surface area (Å²) in [6.45, 7) is 6.24. The fraction of sp³-hybridized carbons (Fsp3) is 0.600. The van der Waals surface area contributed by atoms with E-state index >= 15 is 0 Å². The number of nitrogens with zero attached hydrogens (tertiary/aromatic N) is 1. The number of aryl methyl sites for hydroxylation is 1. The van der Waals surface area contributed by atoms with Crippen LogP contribution in [0.1, 0.15) is 43.7 Å². The molecule has 0 aromatic carbocycles. The van der Waals surface area contributed by atoms with E-state index < -0.39 is 0 Å². The summed E-state index contributed by atoms with van der Waals surface area (Å²) >= 11 is 0. The van der Waals surface area contributed by atoms with Crippen molar-refractivity contribution in [2.75, 3.05) is 13.2 Å².